The molecule has 25 valence electrons. The average Bonchev–Trinajstić information content (AvgIpc) is 1.00. The van der Waals surface area contributed by atoms with Crippen LogP contribution in [0.15, 0.2) is 0 Å². The Morgan fingerprint density at radius 3 is 1.50 bits per heavy atom. The molecule has 0 rings (SSSR count). The molecule has 0 radical (unpaired) electrons. The molecule has 0 aliphatic carbocycles. The van der Waals surface area contributed by atoms with Gasteiger partial charge in [0.25, 0.3) is 0 Å². The van der Waals surface area contributed by atoms with E-state index in [1.807, 2.05) is 0 Å². The van der Waals surface area contributed by atoms with Crippen molar-refractivity contribution in [3.8, 4) is 0 Å². The molecule has 0 aliphatic rings. The second-order valence-electron chi connectivity index (χ2n) is 0. The molecule has 0 aromatic carbocycles. The molecule has 0 aromatic heterocycles. The standard InChI is InChI=1S/Ag.Na.O.W.H/q;+1;;;-1. The van der Waals surface area contributed by atoms with Crippen molar-refractivity contribution in [2.24, 2.45) is 0 Å². The van der Waals surface area contributed by atoms with Crippen LogP contribution in [0.25, 0.3) is 0 Å². The van der Waals surface area contributed by atoms with Gasteiger partial charge in [0.1, 0.15) is 0 Å². The van der Waals surface area contributed by atoms with Crippen LogP contribution in [0.2, 0.25) is 0 Å². The topological polar surface area (TPSA) is 17.1 Å². The Balaban J connectivity index is -0.00000000167. The quantitative estimate of drug-likeness (QED) is 0.432. The first kappa shape index (κ1) is 16.3. The van der Waals surface area contributed by atoms with E-state index in [4.69, 9.17) is 3.25 Å². The van der Waals surface area contributed by atoms with Crippen molar-refractivity contribution in [3.05, 3.63) is 0 Å². The van der Waals surface area contributed by atoms with Crippen LogP contribution in [0.4, 0.5) is 0 Å². The van der Waals surface area contributed by atoms with Gasteiger partial charge in [-0.1, -0.05) is 0 Å². The van der Waals surface area contributed by atoms with Crippen LogP contribution in [-0.4, -0.2) is 0 Å². The van der Waals surface area contributed by atoms with E-state index >= 15 is 0 Å². The molecular weight excluding hydrogens is 331 g/mol. The summed E-state index contributed by atoms with van der Waals surface area (Å²) in [6.45, 7) is 0. The van der Waals surface area contributed by atoms with Gasteiger partial charge in [-0.15, -0.1) is 0 Å². The Labute approximate surface area is 75.2 Å². The molecule has 0 amide bonds. The van der Waals surface area contributed by atoms with Gasteiger partial charge in [0.05, 0.1) is 0 Å². The molecule has 0 N–H and O–H groups in total. The third kappa shape index (κ3) is 8.87. The molecule has 0 atom stereocenters. The molecule has 0 unspecified atom stereocenters. The van der Waals surface area contributed by atoms with Gasteiger partial charge < -0.3 is 1.43 Å². The fraction of sp³-hybridized carbons (Fsp3) is 0. The van der Waals surface area contributed by atoms with Crippen molar-refractivity contribution in [1.82, 2.24) is 0 Å². The Morgan fingerprint density at radius 2 is 1.50 bits per heavy atom. The van der Waals surface area contributed by atoms with Gasteiger partial charge in [0.2, 0.25) is 0 Å². The molecule has 0 aromatic rings. The van der Waals surface area contributed by atoms with Crippen LogP contribution >= 0.6 is 0 Å². The van der Waals surface area contributed by atoms with Gasteiger partial charge in [-0.05, 0) is 0 Å². The minimum Gasteiger partial charge on any atom is 0 e. The second-order valence-corrected chi connectivity index (χ2v) is 0. The van der Waals surface area contributed by atoms with E-state index < -0.39 is 0 Å². The summed E-state index contributed by atoms with van der Waals surface area (Å²) in [4.78, 5) is 0. The molecule has 4 heavy (non-hydrogen) atoms. The summed E-state index contributed by atoms with van der Waals surface area (Å²) in [5.74, 6) is 0. The van der Waals surface area contributed by atoms with Crippen molar-refractivity contribution in [3.63, 3.8) is 0 Å². The van der Waals surface area contributed by atoms with Gasteiger partial charge in [-0.25, -0.2) is 0 Å². The molecule has 0 heterocycles. The van der Waals surface area contributed by atoms with E-state index in [1.165, 1.54) is 0 Å². The first-order chi connectivity index (χ1) is 1.00. The minimum absolute atomic E-state index is 0. The van der Waals surface area contributed by atoms with E-state index in [0.29, 0.717) is 0 Å². The van der Waals surface area contributed by atoms with E-state index in [-0.39, 0.29) is 52.0 Å². The molecule has 1 nitrogen and oxygen atoms in total. The van der Waals surface area contributed by atoms with E-state index in [9.17, 15) is 0 Å². The van der Waals surface area contributed by atoms with E-state index in [0.717, 1.165) is 0 Å². The maximum atomic E-state index is 8.06. The van der Waals surface area contributed by atoms with Crippen LogP contribution < -0.4 is 29.6 Å². The van der Waals surface area contributed by atoms with Crippen LogP contribution in [0.3, 0.4) is 0 Å². The van der Waals surface area contributed by atoms with E-state index in [2.05, 4.69) is 0 Å². The Bertz CT molecular complexity index is 11.6. The largest absolute Gasteiger partial charge is 0 e. The van der Waals surface area contributed by atoms with E-state index in [1.54, 1.807) is 21.0 Å². The molecule has 0 bridgehead atoms. The Morgan fingerprint density at radius 1 is 1.50 bits per heavy atom. The molecule has 0 spiro atoms. The summed E-state index contributed by atoms with van der Waals surface area (Å²) in [5.41, 5.74) is 0. The number of hydrogen-bond acceptors (Lipinski definition) is 1. The summed E-state index contributed by atoms with van der Waals surface area (Å²) < 4.78 is 8.06. The van der Waals surface area contributed by atoms with Crippen molar-refractivity contribution < 1.29 is 76.3 Å². The molecule has 0 saturated heterocycles. The van der Waals surface area contributed by atoms with Crippen molar-refractivity contribution in [2.45, 2.75) is 0 Å². The molecular formula is HAgNaOW. The third-order valence-corrected chi connectivity index (χ3v) is 0. The van der Waals surface area contributed by atoms with Crippen molar-refractivity contribution >= 4 is 0 Å². The van der Waals surface area contributed by atoms with Crippen LogP contribution in [0.5, 0.6) is 0 Å². The fourth-order valence-electron chi connectivity index (χ4n) is 0. The summed E-state index contributed by atoms with van der Waals surface area (Å²) in [7, 11) is 0. The molecule has 0 fully saturated rings. The first-order valence-electron chi connectivity index (χ1n) is 0.123. The predicted molar refractivity (Wildman–Crippen MR) is 1.80 cm³/mol. The van der Waals surface area contributed by atoms with Gasteiger partial charge in [-0.2, -0.15) is 0 Å². The molecule has 0 aliphatic heterocycles. The zero-order valence-electron chi connectivity index (χ0n) is 3.12. The van der Waals surface area contributed by atoms with Gasteiger partial charge >= 0.3 is 53.8 Å². The smallest absolute Gasteiger partial charge is 0 e. The summed E-state index contributed by atoms with van der Waals surface area (Å²) in [6, 6.07) is 0. The summed E-state index contributed by atoms with van der Waals surface area (Å²) in [5, 5.41) is 0. The normalized spacial score (nSPS) is 1.50. The second kappa shape index (κ2) is 18.8. The van der Waals surface area contributed by atoms with Gasteiger partial charge in [0.15, 0.2) is 0 Å². The third-order valence-electron chi connectivity index (χ3n) is 0. The maximum Gasteiger partial charge on any atom is 0 e. The van der Waals surface area contributed by atoms with Crippen LogP contribution in [0, 0.1) is 0 Å². The number of rotatable bonds is 0. The zero-order valence-corrected chi connectivity index (χ0v) is 8.53. The summed E-state index contributed by atoms with van der Waals surface area (Å²) >= 11 is 1.70. The van der Waals surface area contributed by atoms with Crippen LogP contribution in [0.1, 0.15) is 1.43 Å². The fourth-order valence-corrected chi connectivity index (χ4v) is 0. The molecule has 4 heteroatoms. The monoisotopic (exact) mass is 331 g/mol. The van der Waals surface area contributed by atoms with Gasteiger partial charge in [-0.3, -0.25) is 0 Å². The molecule has 0 saturated carbocycles. The predicted octanol–water partition coefficient (Wildman–Crippen LogP) is -3.01. The Hall–Kier alpha value is 2.23. The first-order valence-corrected chi connectivity index (χ1v) is 0.728. The average molecular weight is 332 g/mol. The number of hydrogen-bond donors (Lipinski definition) is 0. The zero-order chi connectivity index (χ0) is 2.00. The minimum atomic E-state index is 0. The Kier molecular flexibility index (Phi) is 76.9. The SMILES string of the molecule is [H-].[Na+].[O]=[Ag].[W]. The van der Waals surface area contributed by atoms with Crippen LogP contribution in [-0.2, 0) is 45.4 Å². The maximum absolute atomic E-state index is 8.06. The van der Waals surface area contributed by atoms with Crippen molar-refractivity contribution in [1.29, 1.82) is 0 Å². The van der Waals surface area contributed by atoms with Crippen molar-refractivity contribution in [2.75, 3.05) is 0 Å². The van der Waals surface area contributed by atoms with Gasteiger partial charge in [0, 0.05) is 21.1 Å². The summed E-state index contributed by atoms with van der Waals surface area (Å²) in [6.07, 6.45) is 0.